The lowest BCUT2D eigenvalue weighted by Gasteiger charge is -2.07. The van der Waals surface area contributed by atoms with Crippen molar-refractivity contribution >= 4 is 23.2 Å². The molecule has 0 unspecified atom stereocenters. The van der Waals surface area contributed by atoms with Gasteiger partial charge in [0.15, 0.2) is 0 Å². The average molecular weight is 420 g/mol. The number of aryl methyl sites for hydroxylation is 1. The van der Waals surface area contributed by atoms with Gasteiger partial charge in [-0.2, -0.15) is 5.10 Å². The number of nitrogens with zero attached hydrogens (tertiary/aromatic N) is 2. The largest absolute Gasteiger partial charge is 0.319 e. The van der Waals surface area contributed by atoms with Crippen LogP contribution in [0.25, 0.3) is 11.3 Å². The Morgan fingerprint density at radius 3 is 2.50 bits per heavy atom. The number of hydrogen-bond acceptors (Lipinski definition) is 2. The molecule has 0 bridgehead atoms. The minimum absolute atomic E-state index is 0.128. The molecule has 4 rings (SSSR count). The lowest BCUT2D eigenvalue weighted by atomic mass is 10.1. The van der Waals surface area contributed by atoms with E-state index in [-0.39, 0.29) is 5.69 Å². The zero-order valence-corrected chi connectivity index (χ0v) is 17.0. The summed E-state index contributed by atoms with van der Waals surface area (Å²) in [5, 5.41) is 7.88. The minimum atomic E-state index is -0.479. The maximum Gasteiger partial charge on any atom is 0.259 e. The lowest BCUT2D eigenvalue weighted by Crippen LogP contribution is -2.13. The second-order valence-electron chi connectivity index (χ2n) is 7.02. The van der Waals surface area contributed by atoms with Crippen molar-refractivity contribution in [2.45, 2.75) is 13.5 Å². The van der Waals surface area contributed by atoms with Gasteiger partial charge in [0.25, 0.3) is 5.91 Å². The lowest BCUT2D eigenvalue weighted by molar-refractivity contribution is 0.102. The second-order valence-corrected chi connectivity index (χ2v) is 7.46. The monoisotopic (exact) mass is 419 g/mol. The summed E-state index contributed by atoms with van der Waals surface area (Å²) in [6.07, 6.45) is 1.68. The highest BCUT2D eigenvalue weighted by atomic mass is 35.5. The van der Waals surface area contributed by atoms with Crippen LogP contribution in [0.4, 0.5) is 10.1 Å². The molecule has 0 spiro atoms. The zero-order valence-electron chi connectivity index (χ0n) is 16.3. The number of rotatable bonds is 5. The summed E-state index contributed by atoms with van der Waals surface area (Å²) in [7, 11) is 0. The standard InChI is InChI=1S/C24H19ClFN3O/c1-16-7-12-22(21(26)13-16)27-24(30)20-15-29(14-17-5-3-2-4-6-17)28-23(20)18-8-10-19(25)11-9-18/h2-13,15H,14H2,1H3,(H,27,30). The molecular formula is C24H19ClFN3O. The van der Waals surface area contributed by atoms with Crippen LogP contribution >= 0.6 is 11.6 Å². The molecule has 4 aromatic rings. The van der Waals surface area contributed by atoms with Crippen molar-refractivity contribution in [1.29, 1.82) is 0 Å². The van der Waals surface area contributed by atoms with Gasteiger partial charge in [-0.1, -0.05) is 60.1 Å². The van der Waals surface area contributed by atoms with Crippen LogP contribution in [-0.4, -0.2) is 15.7 Å². The third-order valence-corrected chi connectivity index (χ3v) is 4.94. The first kappa shape index (κ1) is 19.9. The highest BCUT2D eigenvalue weighted by Gasteiger charge is 2.19. The van der Waals surface area contributed by atoms with Crippen LogP contribution in [0.15, 0.2) is 79.0 Å². The number of halogens is 2. The molecule has 150 valence electrons. The smallest absolute Gasteiger partial charge is 0.259 e. The van der Waals surface area contributed by atoms with E-state index in [9.17, 15) is 9.18 Å². The summed E-state index contributed by atoms with van der Waals surface area (Å²) in [5.74, 6) is -0.907. The van der Waals surface area contributed by atoms with Gasteiger partial charge >= 0.3 is 0 Å². The maximum absolute atomic E-state index is 14.2. The predicted octanol–water partition coefficient (Wildman–Crippen LogP) is 5.95. The van der Waals surface area contributed by atoms with E-state index >= 15 is 0 Å². The Hall–Kier alpha value is -3.44. The summed E-state index contributed by atoms with van der Waals surface area (Å²) in [4.78, 5) is 13.0. The Bertz CT molecular complexity index is 1190. The van der Waals surface area contributed by atoms with Crippen molar-refractivity contribution in [1.82, 2.24) is 9.78 Å². The quantitative estimate of drug-likeness (QED) is 0.434. The number of anilines is 1. The van der Waals surface area contributed by atoms with Gasteiger partial charge in [-0.15, -0.1) is 0 Å². The van der Waals surface area contributed by atoms with E-state index < -0.39 is 11.7 Å². The summed E-state index contributed by atoms with van der Waals surface area (Å²) in [6.45, 7) is 2.30. The van der Waals surface area contributed by atoms with Crippen molar-refractivity contribution in [3.8, 4) is 11.3 Å². The van der Waals surface area contributed by atoms with E-state index in [2.05, 4.69) is 10.4 Å². The molecule has 6 heteroatoms. The Morgan fingerprint density at radius 2 is 1.80 bits per heavy atom. The summed E-state index contributed by atoms with van der Waals surface area (Å²) in [5.41, 5.74) is 3.58. The molecule has 0 fully saturated rings. The van der Waals surface area contributed by atoms with Crippen LogP contribution in [0.1, 0.15) is 21.5 Å². The van der Waals surface area contributed by atoms with E-state index in [1.807, 2.05) is 30.3 Å². The molecular weight excluding hydrogens is 401 g/mol. The average Bonchev–Trinajstić information content (AvgIpc) is 3.15. The van der Waals surface area contributed by atoms with Crippen LogP contribution in [0.5, 0.6) is 0 Å². The van der Waals surface area contributed by atoms with Gasteiger partial charge < -0.3 is 5.32 Å². The number of nitrogens with one attached hydrogen (secondary N) is 1. The fourth-order valence-corrected chi connectivity index (χ4v) is 3.30. The summed E-state index contributed by atoms with van der Waals surface area (Å²) < 4.78 is 15.9. The van der Waals surface area contributed by atoms with Gasteiger partial charge in [-0.05, 0) is 42.3 Å². The summed E-state index contributed by atoms with van der Waals surface area (Å²) >= 11 is 6.00. The Kier molecular flexibility index (Phi) is 5.63. The number of carbonyl (C=O) groups excluding carboxylic acids is 1. The fourth-order valence-electron chi connectivity index (χ4n) is 3.17. The molecule has 4 nitrogen and oxygen atoms in total. The van der Waals surface area contributed by atoms with E-state index in [0.717, 1.165) is 16.7 Å². The molecule has 0 radical (unpaired) electrons. The highest BCUT2D eigenvalue weighted by molar-refractivity contribution is 6.30. The first-order valence-electron chi connectivity index (χ1n) is 9.44. The number of benzene rings is 3. The predicted molar refractivity (Wildman–Crippen MR) is 117 cm³/mol. The van der Waals surface area contributed by atoms with E-state index in [0.29, 0.717) is 22.8 Å². The van der Waals surface area contributed by atoms with Gasteiger partial charge in [0.05, 0.1) is 17.8 Å². The number of hydrogen-bond donors (Lipinski definition) is 1. The van der Waals surface area contributed by atoms with Crippen molar-refractivity contribution in [3.05, 3.63) is 107 Å². The van der Waals surface area contributed by atoms with Gasteiger partial charge in [0.2, 0.25) is 0 Å². The Balaban J connectivity index is 1.70. The zero-order chi connectivity index (χ0) is 21.1. The van der Waals surface area contributed by atoms with Crippen LogP contribution in [0, 0.1) is 12.7 Å². The van der Waals surface area contributed by atoms with E-state index in [1.54, 1.807) is 54.2 Å². The molecule has 30 heavy (non-hydrogen) atoms. The Labute approximate surface area is 178 Å². The van der Waals surface area contributed by atoms with Crippen molar-refractivity contribution in [3.63, 3.8) is 0 Å². The minimum Gasteiger partial charge on any atom is -0.319 e. The van der Waals surface area contributed by atoms with Crippen LogP contribution in [-0.2, 0) is 6.54 Å². The van der Waals surface area contributed by atoms with Crippen LogP contribution in [0.2, 0.25) is 5.02 Å². The first-order valence-corrected chi connectivity index (χ1v) is 9.82. The van der Waals surface area contributed by atoms with E-state index in [4.69, 9.17) is 11.6 Å². The third-order valence-electron chi connectivity index (χ3n) is 4.68. The SMILES string of the molecule is Cc1ccc(NC(=O)c2cn(Cc3ccccc3)nc2-c2ccc(Cl)cc2)c(F)c1. The van der Waals surface area contributed by atoms with Gasteiger partial charge in [0, 0.05) is 16.8 Å². The van der Waals surface area contributed by atoms with Crippen molar-refractivity contribution in [2.24, 2.45) is 0 Å². The van der Waals surface area contributed by atoms with Gasteiger partial charge in [-0.25, -0.2) is 4.39 Å². The molecule has 1 aromatic heterocycles. The van der Waals surface area contributed by atoms with E-state index in [1.165, 1.54) is 6.07 Å². The molecule has 0 aliphatic carbocycles. The van der Waals surface area contributed by atoms with Crippen molar-refractivity contribution < 1.29 is 9.18 Å². The molecule has 1 amide bonds. The number of amides is 1. The highest BCUT2D eigenvalue weighted by Crippen LogP contribution is 2.26. The van der Waals surface area contributed by atoms with Gasteiger partial charge in [-0.3, -0.25) is 9.48 Å². The molecule has 1 N–H and O–H groups in total. The van der Waals surface area contributed by atoms with Gasteiger partial charge in [0.1, 0.15) is 11.5 Å². The maximum atomic E-state index is 14.2. The third kappa shape index (κ3) is 4.42. The normalized spacial score (nSPS) is 10.8. The molecule has 0 atom stereocenters. The van der Waals surface area contributed by atoms with Crippen molar-refractivity contribution in [2.75, 3.05) is 5.32 Å². The number of aromatic nitrogens is 2. The van der Waals surface area contributed by atoms with Crippen LogP contribution in [0.3, 0.4) is 0 Å². The molecule has 0 saturated carbocycles. The molecule has 3 aromatic carbocycles. The summed E-state index contributed by atoms with van der Waals surface area (Å²) in [6, 6.07) is 21.6. The molecule has 0 saturated heterocycles. The van der Waals surface area contributed by atoms with Crippen LogP contribution < -0.4 is 5.32 Å². The fraction of sp³-hybridized carbons (Fsp3) is 0.0833. The molecule has 0 aliphatic rings. The molecule has 0 aliphatic heterocycles. The second kappa shape index (κ2) is 8.51. The topological polar surface area (TPSA) is 46.9 Å². The Morgan fingerprint density at radius 1 is 1.07 bits per heavy atom. The molecule has 1 heterocycles. The number of carbonyl (C=O) groups is 1. The first-order chi connectivity index (χ1) is 14.5.